The van der Waals surface area contributed by atoms with Crippen LogP contribution in [0.3, 0.4) is 0 Å². The molecule has 29 heavy (non-hydrogen) atoms. The van der Waals surface area contributed by atoms with Gasteiger partial charge >= 0.3 is 0 Å². The molecule has 0 aliphatic rings. The normalized spacial score (nSPS) is 13.1. The molecule has 2 aromatic carbocycles. The summed E-state index contributed by atoms with van der Waals surface area (Å²) in [5.74, 6) is -0.134. The lowest BCUT2D eigenvalue weighted by molar-refractivity contribution is -0.125. The molecular weight excluding hydrogens is 373 g/mol. The highest BCUT2D eigenvalue weighted by atomic mass is 19.1. The minimum absolute atomic E-state index is 0.0397. The number of rotatable bonds is 9. The van der Waals surface area contributed by atoms with E-state index in [1.54, 1.807) is 19.1 Å². The molecule has 0 aliphatic heterocycles. The van der Waals surface area contributed by atoms with Crippen molar-refractivity contribution in [2.24, 2.45) is 0 Å². The van der Waals surface area contributed by atoms with Crippen molar-refractivity contribution in [3.8, 4) is 0 Å². The smallest absolute Gasteiger partial charge is 0.245 e. The van der Waals surface area contributed by atoms with E-state index in [9.17, 15) is 14.3 Å². The van der Waals surface area contributed by atoms with Crippen LogP contribution in [-0.2, 0) is 11.2 Å². The van der Waals surface area contributed by atoms with Crippen molar-refractivity contribution in [1.82, 2.24) is 25.5 Å². The Hall–Kier alpha value is -3.13. The number of halogens is 1. The highest BCUT2D eigenvalue weighted by Gasteiger charge is 2.27. The Morgan fingerprint density at radius 2 is 2.00 bits per heavy atom. The summed E-state index contributed by atoms with van der Waals surface area (Å²) in [5, 5.41) is 23.8. The fraction of sp³-hybridized carbons (Fsp3) is 0.333. The van der Waals surface area contributed by atoms with Gasteiger partial charge in [-0.3, -0.25) is 4.79 Å². The van der Waals surface area contributed by atoms with Gasteiger partial charge in [0.25, 0.3) is 0 Å². The topological polar surface area (TPSA) is 92.9 Å². The van der Waals surface area contributed by atoms with Gasteiger partial charge in [0.2, 0.25) is 5.91 Å². The maximum atomic E-state index is 13.6. The van der Waals surface area contributed by atoms with Gasteiger partial charge in [-0.25, -0.2) is 9.07 Å². The number of carbonyl (C=O) groups is 1. The van der Waals surface area contributed by atoms with Crippen molar-refractivity contribution in [3.05, 3.63) is 77.4 Å². The summed E-state index contributed by atoms with van der Waals surface area (Å²) in [7, 11) is 0. The maximum Gasteiger partial charge on any atom is 0.245 e. The average molecular weight is 397 g/mol. The first-order valence-corrected chi connectivity index (χ1v) is 9.53. The summed E-state index contributed by atoms with van der Waals surface area (Å²) < 4.78 is 15.1. The maximum absolute atomic E-state index is 13.6. The molecule has 2 N–H and O–H groups in total. The van der Waals surface area contributed by atoms with Crippen LogP contribution in [0.2, 0.25) is 0 Å². The standard InChI is InChI=1S/C21H24FN5O2/c1-15-24-25-26-27(15)20(14-16-7-5-10-18(22)13-16)21(29)23-19(11-6-12-28)17-8-3-2-4-9-17/h2-5,7-10,13,19-20,28H,6,11-12,14H2,1H3,(H,23,29). The second-order valence-corrected chi connectivity index (χ2v) is 6.86. The third-order valence-corrected chi connectivity index (χ3v) is 4.74. The van der Waals surface area contributed by atoms with Crippen LogP contribution in [0.15, 0.2) is 54.6 Å². The van der Waals surface area contributed by atoms with E-state index in [0.717, 1.165) is 5.56 Å². The molecule has 3 rings (SSSR count). The zero-order valence-electron chi connectivity index (χ0n) is 16.2. The highest BCUT2D eigenvalue weighted by Crippen LogP contribution is 2.22. The van der Waals surface area contributed by atoms with Crippen molar-refractivity contribution >= 4 is 5.91 Å². The van der Waals surface area contributed by atoms with E-state index in [4.69, 9.17) is 0 Å². The van der Waals surface area contributed by atoms with E-state index in [2.05, 4.69) is 20.8 Å². The third kappa shape index (κ3) is 5.45. The Bertz CT molecular complexity index is 932. The van der Waals surface area contributed by atoms with Crippen LogP contribution in [0.25, 0.3) is 0 Å². The minimum Gasteiger partial charge on any atom is -0.396 e. The summed E-state index contributed by atoms with van der Waals surface area (Å²) in [6, 6.07) is 14.7. The van der Waals surface area contributed by atoms with Crippen LogP contribution in [0.1, 0.15) is 41.9 Å². The van der Waals surface area contributed by atoms with Gasteiger partial charge in [-0.05, 0) is 53.5 Å². The number of hydrogen-bond donors (Lipinski definition) is 2. The lowest BCUT2D eigenvalue weighted by atomic mass is 10.00. The minimum atomic E-state index is -0.730. The van der Waals surface area contributed by atoms with Gasteiger partial charge in [-0.15, -0.1) is 5.10 Å². The zero-order valence-corrected chi connectivity index (χ0v) is 16.2. The first-order valence-electron chi connectivity index (χ1n) is 9.53. The van der Waals surface area contributed by atoms with E-state index in [1.807, 2.05) is 30.3 Å². The number of amides is 1. The Labute approximate surface area is 168 Å². The van der Waals surface area contributed by atoms with E-state index in [0.29, 0.717) is 24.2 Å². The molecule has 0 spiro atoms. The van der Waals surface area contributed by atoms with Gasteiger partial charge in [-0.1, -0.05) is 42.5 Å². The van der Waals surface area contributed by atoms with Gasteiger partial charge in [0, 0.05) is 13.0 Å². The molecule has 7 nitrogen and oxygen atoms in total. The Morgan fingerprint density at radius 3 is 2.66 bits per heavy atom. The number of nitrogens with zero attached hydrogens (tertiary/aromatic N) is 4. The number of nitrogens with one attached hydrogen (secondary N) is 1. The van der Waals surface area contributed by atoms with Crippen LogP contribution in [-0.4, -0.2) is 37.8 Å². The van der Waals surface area contributed by atoms with Gasteiger partial charge in [-0.2, -0.15) is 0 Å². The predicted molar refractivity (Wildman–Crippen MR) is 105 cm³/mol. The molecule has 1 heterocycles. The monoisotopic (exact) mass is 397 g/mol. The predicted octanol–water partition coefficient (Wildman–Crippen LogP) is 2.53. The molecule has 0 saturated heterocycles. The molecule has 1 amide bonds. The molecule has 3 aromatic rings. The van der Waals surface area contributed by atoms with Gasteiger partial charge in [0.1, 0.15) is 17.7 Å². The van der Waals surface area contributed by atoms with Crippen LogP contribution in [0, 0.1) is 12.7 Å². The van der Waals surface area contributed by atoms with Crippen molar-refractivity contribution in [2.45, 2.75) is 38.3 Å². The largest absolute Gasteiger partial charge is 0.396 e. The van der Waals surface area contributed by atoms with Gasteiger partial charge < -0.3 is 10.4 Å². The van der Waals surface area contributed by atoms with Crippen LogP contribution >= 0.6 is 0 Å². The quantitative estimate of drug-likeness (QED) is 0.579. The van der Waals surface area contributed by atoms with Crippen LogP contribution < -0.4 is 5.32 Å². The second kappa shape index (κ2) is 9.88. The van der Waals surface area contributed by atoms with E-state index in [-0.39, 0.29) is 30.8 Å². The van der Waals surface area contributed by atoms with Crippen molar-refractivity contribution in [1.29, 1.82) is 0 Å². The van der Waals surface area contributed by atoms with E-state index >= 15 is 0 Å². The SMILES string of the molecule is Cc1nnnn1C(Cc1cccc(F)c1)C(=O)NC(CCCO)c1ccccc1. The van der Waals surface area contributed by atoms with Crippen LogP contribution in [0.4, 0.5) is 4.39 Å². The summed E-state index contributed by atoms with van der Waals surface area (Å²) in [6.45, 7) is 1.75. The molecule has 0 saturated carbocycles. The van der Waals surface area contributed by atoms with E-state index in [1.165, 1.54) is 16.8 Å². The number of hydrogen-bond acceptors (Lipinski definition) is 5. The molecule has 0 radical (unpaired) electrons. The molecule has 0 bridgehead atoms. The number of carbonyl (C=O) groups excluding carboxylic acids is 1. The van der Waals surface area contributed by atoms with Crippen molar-refractivity contribution < 1.29 is 14.3 Å². The molecule has 0 aliphatic carbocycles. The average Bonchev–Trinajstić information content (AvgIpc) is 3.15. The van der Waals surface area contributed by atoms with Crippen LogP contribution in [0.5, 0.6) is 0 Å². The Morgan fingerprint density at radius 1 is 1.21 bits per heavy atom. The second-order valence-electron chi connectivity index (χ2n) is 6.86. The molecule has 8 heteroatoms. The Kier molecular flexibility index (Phi) is 7.02. The number of benzene rings is 2. The lowest BCUT2D eigenvalue weighted by Gasteiger charge is -2.23. The highest BCUT2D eigenvalue weighted by molar-refractivity contribution is 5.81. The lowest BCUT2D eigenvalue weighted by Crippen LogP contribution is -2.37. The number of aliphatic hydroxyl groups excluding tert-OH is 1. The summed E-state index contributed by atoms with van der Waals surface area (Å²) >= 11 is 0. The van der Waals surface area contributed by atoms with Gasteiger partial charge in [0.15, 0.2) is 0 Å². The number of aromatic nitrogens is 4. The summed E-state index contributed by atoms with van der Waals surface area (Å²) in [4.78, 5) is 13.2. The molecule has 152 valence electrons. The Balaban J connectivity index is 1.85. The van der Waals surface area contributed by atoms with Gasteiger partial charge in [0.05, 0.1) is 6.04 Å². The van der Waals surface area contributed by atoms with E-state index < -0.39 is 6.04 Å². The number of aliphatic hydroxyl groups is 1. The summed E-state index contributed by atoms with van der Waals surface area (Å²) in [6.07, 6.45) is 1.39. The fourth-order valence-corrected chi connectivity index (χ4v) is 3.27. The zero-order chi connectivity index (χ0) is 20.6. The first kappa shape index (κ1) is 20.6. The molecule has 0 fully saturated rings. The molecular formula is C21H24FN5O2. The fourth-order valence-electron chi connectivity index (χ4n) is 3.27. The number of tetrazole rings is 1. The third-order valence-electron chi connectivity index (χ3n) is 4.74. The molecule has 2 unspecified atom stereocenters. The number of aryl methyl sites for hydroxylation is 1. The van der Waals surface area contributed by atoms with Crippen molar-refractivity contribution in [2.75, 3.05) is 6.61 Å². The van der Waals surface area contributed by atoms with Crippen molar-refractivity contribution in [3.63, 3.8) is 0 Å². The first-order chi connectivity index (χ1) is 14.1. The summed E-state index contributed by atoms with van der Waals surface area (Å²) in [5.41, 5.74) is 1.62. The molecule has 2 atom stereocenters. The molecule has 1 aromatic heterocycles.